The van der Waals surface area contributed by atoms with Gasteiger partial charge in [0, 0.05) is 39.1 Å². The van der Waals surface area contributed by atoms with Gasteiger partial charge in [-0.25, -0.2) is 4.98 Å². The van der Waals surface area contributed by atoms with Crippen LogP contribution in [0.3, 0.4) is 0 Å². The van der Waals surface area contributed by atoms with Crippen LogP contribution >= 0.6 is 11.3 Å². The minimum absolute atomic E-state index is 0.0528. The van der Waals surface area contributed by atoms with E-state index in [2.05, 4.69) is 39.9 Å². The second-order valence-electron chi connectivity index (χ2n) is 8.11. The van der Waals surface area contributed by atoms with Crippen molar-refractivity contribution in [2.75, 3.05) is 5.32 Å². The van der Waals surface area contributed by atoms with Crippen molar-refractivity contribution in [2.24, 2.45) is 0 Å². The Kier molecular flexibility index (Phi) is 4.35. The average Bonchev–Trinajstić information content (AvgIpc) is 3.52. The highest BCUT2D eigenvalue weighted by molar-refractivity contribution is 7.13. The molecule has 2 N–H and O–H groups in total. The van der Waals surface area contributed by atoms with E-state index in [9.17, 15) is 4.79 Å². The Hall–Kier alpha value is -3.44. The molecule has 4 aromatic rings. The first-order valence-electron chi connectivity index (χ1n) is 10.6. The van der Waals surface area contributed by atoms with Crippen molar-refractivity contribution in [3.8, 4) is 21.8 Å². The molecule has 2 aliphatic rings. The third-order valence-corrected chi connectivity index (χ3v) is 6.95. The maximum atomic E-state index is 12.7. The summed E-state index contributed by atoms with van der Waals surface area (Å²) in [6, 6.07) is 18.5. The Morgan fingerprint density at radius 3 is 2.71 bits per heavy atom. The number of aromatic nitrogens is 2. The summed E-state index contributed by atoms with van der Waals surface area (Å²) in [6.07, 6.45) is 6.68. The first kappa shape index (κ1) is 18.3. The number of hydrogen-bond acceptors (Lipinski definition) is 3. The van der Waals surface area contributed by atoms with Gasteiger partial charge in [-0.05, 0) is 55.5 Å². The second-order valence-corrected chi connectivity index (χ2v) is 8.97. The molecular weight excluding hydrogens is 402 g/mol. The van der Waals surface area contributed by atoms with Crippen LogP contribution < -0.4 is 5.32 Å². The monoisotopic (exact) mass is 423 g/mol. The zero-order chi connectivity index (χ0) is 20.8. The van der Waals surface area contributed by atoms with Crippen LogP contribution in [0.2, 0.25) is 0 Å². The number of hydrogen-bond donors (Lipinski definition) is 2. The molecule has 0 spiro atoms. The Balaban J connectivity index is 1.37. The molecule has 0 saturated heterocycles. The summed E-state index contributed by atoms with van der Waals surface area (Å²) in [7, 11) is 0. The van der Waals surface area contributed by atoms with Gasteiger partial charge in [0.2, 0.25) is 0 Å². The van der Waals surface area contributed by atoms with Crippen LogP contribution in [0.4, 0.5) is 5.69 Å². The summed E-state index contributed by atoms with van der Waals surface area (Å²) < 4.78 is 0. The van der Waals surface area contributed by atoms with Crippen LogP contribution in [-0.2, 0) is 17.6 Å². The normalized spacial score (nSPS) is 16.3. The van der Waals surface area contributed by atoms with E-state index in [1.807, 2.05) is 36.4 Å². The van der Waals surface area contributed by atoms with Gasteiger partial charge < -0.3 is 10.3 Å². The van der Waals surface area contributed by atoms with Gasteiger partial charge >= 0.3 is 0 Å². The van der Waals surface area contributed by atoms with Gasteiger partial charge in [0.05, 0.1) is 11.3 Å². The van der Waals surface area contributed by atoms with Gasteiger partial charge in [-0.2, -0.15) is 0 Å². The number of rotatable bonds is 3. The van der Waals surface area contributed by atoms with E-state index in [4.69, 9.17) is 4.98 Å². The average molecular weight is 424 g/mol. The van der Waals surface area contributed by atoms with Crippen LogP contribution in [0.15, 0.2) is 60.0 Å². The van der Waals surface area contributed by atoms with Crippen LogP contribution in [0, 0.1) is 0 Å². The quantitative estimate of drug-likeness (QED) is 0.387. The zero-order valence-electron chi connectivity index (χ0n) is 16.9. The summed E-state index contributed by atoms with van der Waals surface area (Å²) in [5.74, 6) is -0.0528. The maximum absolute atomic E-state index is 12.7. The van der Waals surface area contributed by atoms with Crippen molar-refractivity contribution in [3.63, 3.8) is 0 Å². The number of nitrogens with zero attached hydrogens (tertiary/aromatic N) is 1. The van der Waals surface area contributed by atoms with Crippen LogP contribution in [0.25, 0.3) is 33.5 Å². The zero-order valence-corrected chi connectivity index (χ0v) is 17.8. The lowest BCUT2D eigenvalue weighted by molar-refractivity contribution is -0.110. The lowest BCUT2D eigenvalue weighted by Gasteiger charge is -2.08. The van der Waals surface area contributed by atoms with E-state index in [-0.39, 0.29) is 5.91 Å². The maximum Gasteiger partial charge on any atom is 0.256 e. The molecule has 31 heavy (non-hydrogen) atoms. The van der Waals surface area contributed by atoms with Crippen LogP contribution in [0.5, 0.6) is 0 Å². The Labute approximate surface area is 184 Å². The number of amides is 1. The summed E-state index contributed by atoms with van der Waals surface area (Å²) in [4.78, 5) is 21.1. The fourth-order valence-electron chi connectivity index (χ4n) is 4.47. The van der Waals surface area contributed by atoms with Gasteiger partial charge in [0.25, 0.3) is 5.91 Å². The van der Waals surface area contributed by atoms with Crippen molar-refractivity contribution in [1.82, 2.24) is 9.97 Å². The number of aromatic amines is 1. The van der Waals surface area contributed by atoms with Crippen molar-refractivity contribution >= 4 is 34.6 Å². The van der Waals surface area contributed by atoms with E-state index < -0.39 is 0 Å². The molecule has 0 bridgehead atoms. The number of fused-ring (bicyclic) bond motifs is 2. The number of benzene rings is 2. The number of carbonyl (C=O) groups is 1. The number of thiazole rings is 1. The fraction of sp³-hybridized carbons (Fsp3) is 0.154. The molecule has 5 heteroatoms. The number of nitrogens with one attached hydrogen (secondary N) is 2. The minimum atomic E-state index is -0.0528. The highest BCUT2D eigenvalue weighted by Crippen LogP contribution is 2.37. The van der Waals surface area contributed by atoms with Crippen molar-refractivity contribution in [2.45, 2.75) is 25.7 Å². The predicted octanol–water partition coefficient (Wildman–Crippen LogP) is 6.18. The molecule has 0 unspecified atom stereocenters. The first-order chi connectivity index (χ1) is 15.2. The van der Waals surface area contributed by atoms with Gasteiger partial charge in [0.15, 0.2) is 0 Å². The standard InChI is InChI=1S/C26H21N3OS/c30-25-21(14-19-12-17-8-4-5-9-22(17)27-19)20-13-18(10-11-23(20)28-25)24-15-31-26(29-24)16-6-2-1-3-7-16/h1-3,6-7,10-15,27H,4-5,8-9H2,(H,28,30). The van der Waals surface area contributed by atoms with Crippen LogP contribution in [0.1, 0.15) is 35.4 Å². The molecule has 6 rings (SSSR count). The molecule has 152 valence electrons. The second kappa shape index (κ2) is 7.36. The van der Waals surface area contributed by atoms with Gasteiger partial charge in [-0.15, -0.1) is 11.3 Å². The molecule has 0 fully saturated rings. The molecule has 0 saturated carbocycles. The lowest BCUT2D eigenvalue weighted by Crippen LogP contribution is -2.03. The van der Waals surface area contributed by atoms with Crippen LogP contribution in [-0.4, -0.2) is 15.9 Å². The molecule has 2 aromatic heterocycles. The molecule has 0 atom stereocenters. The van der Waals surface area contributed by atoms with Gasteiger partial charge in [0.1, 0.15) is 5.01 Å². The van der Waals surface area contributed by atoms with E-state index >= 15 is 0 Å². The summed E-state index contributed by atoms with van der Waals surface area (Å²) in [6.45, 7) is 0. The van der Waals surface area contributed by atoms with E-state index in [1.54, 1.807) is 11.3 Å². The van der Waals surface area contributed by atoms with Crippen molar-refractivity contribution in [1.29, 1.82) is 0 Å². The number of anilines is 1. The van der Waals surface area contributed by atoms with Crippen molar-refractivity contribution < 1.29 is 4.79 Å². The minimum Gasteiger partial charge on any atom is -0.359 e. The number of aryl methyl sites for hydroxylation is 2. The smallest absolute Gasteiger partial charge is 0.256 e. The molecule has 3 heterocycles. The van der Waals surface area contributed by atoms with E-state index in [0.717, 1.165) is 51.6 Å². The molecule has 1 aliphatic carbocycles. The highest BCUT2D eigenvalue weighted by atomic mass is 32.1. The number of carbonyl (C=O) groups excluding carboxylic acids is 1. The third-order valence-electron chi connectivity index (χ3n) is 6.06. The Morgan fingerprint density at radius 2 is 1.84 bits per heavy atom. The summed E-state index contributed by atoms with van der Waals surface area (Å²) >= 11 is 1.64. The third kappa shape index (κ3) is 3.31. The molecule has 2 aromatic carbocycles. The fourth-order valence-corrected chi connectivity index (χ4v) is 5.31. The Morgan fingerprint density at radius 1 is 0.968 bits per heavy atom. The SMILES string of the molecule is O=C1Nc2ccc(-c3csc(-c4ccccc4)n3)cc2C1=Cc1cc2c([nH]1)CCCC2. The molecule has 4 nitrogen and oxygen atoms in total. The summed E-state index contributed by atoms with van der Waals surface area (Å²) in [5, 5.41) is 6.08. The van der Waals surface area contributed by atoms with E-state index in [0.29, 0.717) is 5.57 Å². The number of H-pyrrole nitrogens is 1. The van der Waals surface area contributed by atoms with Gasteiger partial charge in [-0.1, -0.05) is 36.4 Å². The first-order valence-corrected chi connectivity index (χ1v) is 11.5. The topological polar surface area (TPSA) is 57.8 Å². The molecule has 1 amide bonds. The Bertz CT molecular complexity index is 1310. The molecule has 1 aliphatic heterocycles. The predicted molar refractivity (Wildman–Crippen MR) is 127 cm³/mol. The molecule has 0 radical (unpaired) electrons. The van der Waals surface area contributed by atoms with Crippen molar-refractivity contribution in [3.05, 3.63) is 82.5 Å². The highest BCUT2D eigenvalue weighted by Gasteiger charge is 2.25. The van der Waals surface area contributed by atoms with E-state index in [1.165, 1.54) is 24.1 Å². The summed E-state index contributed by atoms with van der Waals surface area (Å²) in [5.41, 5.74) is 9.28. The molecular formula is C26H21N3OS. The van der Waals surface area contributed by atoms with Gasteiger partial charge in [-0.3, -0.25) is 4.79 Å². The lowest BCUT2D eigenvalue weighted by atomic mass is 9.98. The largest absolute Gasteiger partial charge is 0.359 e.